The van der Waals surface area contributed by atoms with Gasteiger partial charge < -0.3 is 23.7 Å². The summed E-state index contributed by atoms with van der Waals surface area (Å²) in [6.07, 6.45) is 2.23. The van der Waals surface area contributed by atoms with E-state index in [1.165, 1.54) is 44.9 Å². The molecule has 4 aromatic rings. The molecule has 5 rings (SSSR count). The number of hydrogen-bond acceptors (Lipinski definition) is 4. The number of likely N-dealkylation sites (N-methyl/N-ethyl adjacent to an activating group) is 1. The standard InChI is InChI=1S/C31H34N2O3/c1-32(20-21-34-2)25-13-7-24(8-14-25)31-30(23-11-17-27(36-4)18-12-23)29(28-6-5-19-33(28)31)22-9-15-26(35-3)16-10-22/h7-18H,5-6,19-21H2,1-4H3. The highest BCUT2D eigenvalue weighted by atomic mass is 16.5. The van der Waals surface area contributed by atoms with E-state index in [-0.39, 0.29) is 0 Å². The zero-order valence-corrected chi connectivity index (χ0v) is 21.6. The van der Waals surface area contributed by atoms with E-state index in [9.17, 15) is 0 Å². The molecule has 0 saturated carbocycles. The first-order valence-corrected chi connectivity index (χ1v) is 12.5. The predicted molar refractivity (Wildman–Crippen MR) is 147 cm³/mol. The lowest BCUT2D eigenvalue weighted by Gasteiger charge is -2.19. The highest BCUT2D eigenvalue weighted by Crippen LogP contribution is 2.47. The number of ether oxygens (including phenoxy) is 3. The summed E-state index contributed by atoms with van der Waals surface area (Å²) in [5.74, 6) is 1.73. The van der Waals surface area contributed by atoms with Crippen LogP contribution in [-0.4, -0.2) is 46.1 Å². The Kier molecular flexibility index (Phi) is 7.01. The third-order valence-electron chi connectivity index (χ3n) is 7.14. The Labute approximate surface area is 213 Å². The summed E-state index contributed by atoms with van der Waals surface area (Å²) in [5, 5.41) is 0. The average molecular weight is 483 g/mol. The molecule has 0 atom stereocenters. The van der Waals surface area contributed by atoms with Gasteiger partial charge >= 0.3 is 0 Å². The van der Waals surface area contributed by atoms with Crippen LogP contribution in [0.15, 0.2) is 72.8 Å². The van der Waals surface area contributed by atoms with Crippen molar-refractivity contribution in [2.24, 2.45) is 0 Å². The Bertz CT molecular complexity index is 1310. The molecule has 1 aliphatic rings. The highest BCUT2D eigenvalue weighted by molar-refractivity contribution is 5.96. The first-order chi connectivity index (χ1) is 17.6. The van der Waals surface area contributed by atoms with Crippen molar-refractivity contribution >= 4 is 5.69 Å². The first kappa shape index (κ1) is 24.0. The van der Waals surface area contributed by atoms with E-state index in [0.717, 1.165) is 37.4 Å². The van der Waals surface area contributed by atoms with E-state index < -0.39 is 0 Å². The van der Waals surface area contributed by atoms with Gasteiger partial charge in [0.1, 0.15) is 11.5 Å². The van der Waals surface area contributed by atoms with Gasteiger partial charge in [-0.2, -0.15) is 0 Å². The second kappa shape index (κ2) is 10.5. The van der Waals surface area contributed by atoms with Gasteiger partial charge in [0.25, 0.3) is 0 Å². The van der Waals surface area contributed by atoms with Crippen LogP contribution in [0.2, 0.25) is 0 Å². The van der Waals surface area contributed by atoms with Gasteiger partial charge in [-0.15, -0.1) is 0 Å². The minimum absolute atomic E-state index is 0.706. The molecule has 0 bridgehead atoms. The van der Waals surface area contributed by atoms with Crippen LogP contribution in [0.25, 0.3) is 33.5 Å². The number of rotatable bonds is 9. The molecule has 0 radical (unpaired) electrons. The molecule has 36 heavy (non-hydrogen) atoms. The lowest BCUT2D eigenvalue weighted by Crippen LogP contribution is -2.21. The van der Waals surface area contributed by atoms with E-state index in [0.29, 0.717) is 6.61 Å². The van der Waals surface area contributed by atoms with Crippen molar-refractivity contribution in [3.63, 3.8) is 0 Å². The SMILES string of the molecule is COCCN(C)c1ccc(-c2c(-c3ccc(OC)cc3)c(-c3ccc(OC)cc3)c3n2CCC3)cc1. The Hall–Kier alpha value is -3.70. The van der Waals surface area contributed by atoms with Crippen LogP contribution < -0.4 is 14.4 Å². The Morgan fingerprint density at radius 1 is 0.722 bits per heavy atom. The minimum atomic E-state index is 0.706. The number of aromatic nitrogens is 1. The van der Waals surface area contributed by atoms with E-state index in [1.807, 2.05) is 12.1 Å². The molecule has 186 valence electrons. The molecule has 5 heteroatoms. The first-order valence-electron chi connectivity index (χ1n) is 12.5. The number of hydrogen-bond donors (Lipinski definition) is 0. The summed E-state index contributed by atoms with van der Waals surface area (Å²) in [7, 11) is 7.27. The van der Waals surface area contributed by atoms with Gasteiger partial charge in [-0.25, -0.2) is 0 Å². The van der Waals surface area contributed by atoms with Gasteiger partial charge in [-0.1, -0.05) is 36.4 Å². The number of methoxy groups -OCH3 is 3. The molecule has 3 aromatic carbocycles. The van der Waals surface area contributed by atoms with Gasteiger partial charge in [0.2, 0.25) is 0 Å². The molecule has 5 nitrogen and oxygen atoms in total. The molecule has 0 amide bonds. The summed E-state index contributed by atoms with van der Waals surface area (Å²) < 4.78 is 18.7. The fourth-order valence-corrected chi connectivity index (χ4v) is 5.22. The fraction of sp³-hybridized carbons (Fsp3) is 0.290. The average Bonchev–Trinajstić information content (AvgIpc) is 3.52. The van der Waals surface area contributed by atoms with Crippen LogP contribution in [0, 0.1) is 0 Å². The Balaban J connectivity index is 1.68. The second-order valence-corrected chi connectivity index (χ2v) is 9.22. The predicted octanol–water partition coefficient (Wildman–Crippen LogP) is 6.54. The molecule has 1 aliphatic heterocycles. The molecule has 0 fully saturated rings. The van der Waals surface area contributed by atoms with E-state index >= 15 is 0 Å². The maximum absolute atomic E-state index is 5.45. The van der Waals surface area contributed by atoms with Crippen LogP contribution in [-0.2, 0) is 17.7 Å². The van der Waals surface area contributed by atoms with E-state index in [4.69, 9.17) is 14.2 Å². The van der Waals surface area contributed by atoms with Crippen LogP contribution in [0.4, 0.5) is 5.69 Å². The van der Waals surface area contributed by atoms with Crippen molar-refractivity contribution in [3.8, 4) is 45.0 Å². The van der Waals surface area contributed by atoms with Crippen molar-refractivity contribution < 1.29 is 14.2 Å². The Morgan fingerprint density at radius 3 is 1.83 bits per heavy atom. The van der Waals surface area contributed by atoms with Gasteiger partial charge in [-0.05, 0) is 65.9 Å². The number of nitrogens with zero attached hydrogens (tertiary/aromatic N) is 2. The van der Waals surface area contributed by atoms with Crippen molar-refractivity contribution in [3.05, 3.63) is 78.5 Å². The zero-order chi connectivity index (χ0) is 25.1. The van der Waals surface area contributed by atoms with Crippen molar-refractivity contribution in [2.45, 2.75) is 19.4 Å². The number of fused-ring (bicyclic) bond motifs is 1. The lowest BCUT2D eigenvalue weighted by atomic mass is 9.92. The minimum Gasteiger partial charge on any atom is -0.497 e. The molecular weight excluding hydrogens is 448 g/mol. The highest BCUT2D eigenvalue weighted by Gasteiger charge is 2.28. The zero-order valence-electron chi connectivity index (χ0n) is 21.6. The van der Waals surface area contributed by atoms with E-state index in [1.54, 1.807) is 21.3 Å². The third kappa shape index (κ3) is 4.47. The summed E-state index contributed by atoms with van der Waals surface area (Å²) in [4.78, 5) is 2.23. The second-order valence-electron chi connectivity index (χ2n) is 9.22. The van der Waals surface area contributed by atoms with Crippen LogP contribution in [0.5, 0.6) is 11.5 Å². The van der Waals surface area contributed by atoms with Crippen LogP contribution >= 0.6 is 0 Å². The van der Waals surface area contributed by atoms with Gasteiger partial charge in [0, 0.05) is 49.8 Å². The van der Waals surface area contributed by atoms with Gasteiger partial charge in [0.15, 0.2) is 0 Å². The number of benzene rings is 3. The normalized spacial score (nSPS) is 12.4. The smallest absolute Gasteiger partial charge is 0.118 e. The fourth-order valence-electron chi connectivity index (χ4n) is 5.22. The molecule has 0 spiro atoms. The summed E-state index contributed by atoms with van der Waals surface area (Å²) in [6, 6.07) is 25.8. The molecule has 0 aliphatic carbocycles. The molecule has 0 saturated heterocycles. The molecular formula is C31H34N2O3. The summed E-state index contributed by atoms with van der Waals surface area (Å²) in [6.45, 7) is 2.59. The van der Waals surface area contributed by atoms with Crippen LogP contribution in [0.1, 0.15) is 12.1 Å². The molecule has 2 heterocycles. The number of anilines is 1. The maximum atomic E-state index is 5.45. The van der Waals surface area contributed by atoms with Gasteiger partial charge in [-0.3, -0.25) is 0 Å². The molecule has 1 aromatic heterocycles. The largest absolute Gasteiger partial charge is 0.497 e. The lowest BCUT2D eigenvalue weighted by molar-refractivity contribution is 0.206. The van der Waals surface area contributed by atoms with Crippen LogP contribution in [0.3, 0.4) is 0 Å². The van der Waals surface area contributed by atoms with Gasteiger partial charge in [0.05, 0.1) is 26.5 Å². The Morgan fingerprint density at radius 2 is 1.28 bits per heavy atom. The molecule has 0 unspecified atom stereocenters. The van der Waals surface area contributed by atoms with E-state index in [2.05, 4.69) is 77.2 Å². The summed E-state index contributed by atoms with van der Waals surface area (Å²) in [5.41, 5.74) is 10.1. The van der Waals surface area contributed by atoms with Crippen molar-refractivity contribution in [1.82, 2.24) is 4.57 Å². The monoisotopic (exact) mass is 482 g/mol. The molecule has 0 N–H and O–H groups in total. The third-order valence-corrected chi connectivity index (χ3v) is 7.14. The summed E-state index contributed by atoms with van der Waals surface area (Å²) >= 11 is 0. The maximum Gasteiger partial charge on any atom is 0.118 e. The quantitative estimate of drug-likeness (QED) is 0.272. The van der Waals surface area contributed by atoms with Crippen molar-refractivity contribution in [1.29, 1.82) is 0 Å². The topological polar surface area (TPSA) is 35.9 Å². The van der Waals surface area contributed by atoms with Crippen molar-refractivity contribution in [2.75, 3.05) is 46.4 Å².